The Labute approximate surface area is 218 Å². The first-order chi connectivity index (χ1) is 17.9. The molecule has 188 valence electrons. The third-order valence-corrected chi connectivity index (χ3v) is 7.99. The van der Waals surface area contributed by atoms with Gasteiger partial charge in [0.25, 0.3) is 15.9 Å². The molecule has 0 fully saturated rings. The van der Waals surface area contributed by atoms with E-state index < -0.39 is 10.0 Å². The van der Waals surface area contributed by atoms with Crippen molar-refractivity contribution in [1.29, 1.82) is 0 Å². The van der Waals surface area contributed by atoms with Gasteiger partial charge in [-0.1, -0.05) is 48.5 Å². The van der Waals surface area contributed by atoms with Gasteiger partial charge in [-0.25, -0.2) is 8.42 Å². The molecule has 0 bridgehead atoms. The predicted molar refractivity (Wildman–Crippen MR) is 149 cm³/mol. The number of sulfonamides is 1. The normalized spacial score (nSPS) is 13.1. The molecule has 1 heterocycles. The van der Waals surface area contributed by atoms with Crippen molar-refractivity contribution in [3.63, 3.8) is 0 Å². The molecule has 5 rings (SSSR count). The van der Waals surface area contributed by atoms with Crippen LogP contribution in [0, 0.1) is 6.92 Å². The third-order valence-electron chi connectivity index (χ3n) is 6.61. The van der Waals surface area contributed by atoms with E-state index in [-0.39, 0.29) is 10.8 Å². The van der Waals surface area contributed by atoms with Gasteiger partial charge in [0.15, 0.2) is 0 Å². The highest BCUT2D eigenvalue weighted by Crippen LogP contribution is 2.28. The van der Waals surface area contributed by atoms with E-state index >= 15 is 0 Å². The maximum absolute atomic E-state index is 12.8. The van der Waals surface area contributed by atoms with Gasteiger partial charge in [0, 0.05) is 30.0 Å². The molecule has 0 aliphatic carbocycles. The van der Waals surface area contributed by atoms with Crippen LogP contribution in [0.25, 0.3) is 0 Å². The number of hydrogen-bond donors (Lipinski definition) is 2. The molecule has 37 heavy (non-hydrogen) atoms. The molecule has 1 amide bonds. The molecule has 0 saturated heterocycles. The van der Waals surface area contributed by atoms with Crippen LogP contribution in [0.4, 0.5) is 17.1 Å². The van der Waals surface area contributed by atoms with Crippen molar-refractivity contribution >= 4 is 33.0 Å². The lowest BCUT2D eigenvalue weighted by Gasteiger charge is -2.31. The third kappa shape index (κ3) is 5.67. The average molecular weight is 512 g/mol. The minimum absolute atomic E-state index is 0.123. The van der Waals surface area contributed by atoms with E-state index in [1.165, 1.54) is 23.4 Å². The summed E-state index contributed by atoms with van der Waals surface area (Å²) in [6.07, 6.45) is 2.25. The highest BCUT2D eigenvalue weighted by atomic mass is 32.2. The van der Waals surface area contributed by atoms with Crippen molar-refractivity contribution in [2.45, 2.75) is 31.2 Å². The molecule has 2 N–H and O–H groups in total. The Balaban J connectivity index is 1.21. The summed E-state index contributed by atoms with van der Waals surface area (Å²) in [7, 11) is -3.74. The number of benzene rings is 4. The highest BCUT2D eigenvalue weighted by Gasteiger charge is 2.17. The Hall–Kier alpha value is -4.10. The molecule has 0 radical (unpaired) electrons. The topological polar surface area (TPSA) is 78.5 Å². The standard InChI is InChI=1S/C30H29N3O3S/c1-22-7-2-4-10-28(22)32-37(35,36)27-18-16-26(17-19-27)31-30(34)25-14-12-23(13-15-25)21-33-20-6-9-24-8-3-5-11-29(24)33/h2-5,7-8,10-19,32H,6,9,20-21H2,1H3,(H,31,34). The number of aryl methyl sites for hydroxylation is 2. The summed E-state index contributed by atoms with van der Waals surface area (Å²) >= 11 is 0. The number of fused-ring (bicyclic) bond motifs is 1. The van der Waals surface area contributed by atoms with Gasteiger partial charge in [-0.2, -0.15) is 0 Å². The fraction of sp³-hybridized carbons (Fsp3) is 0.167. The molecule has 0 aromatic heterocycles. The Bertz CT molecular complexity index is 1510. The van der Waals surface area contributed by atoms with Gasteiger partial charge in [-0.3, -0.25) is 9.52 Å². The van der Waals surface area contributed by atoms with Crippen molar-refractivity contribution in [3.05, 3.63) is 119 Å². The van der Waals surface area contributed by atoms with E-state index in [1.54, 1.807) is 24.3 Å². The van der Waals surface area contributed by atoms with E-state index in [0.29, 0.717) is 16.9 Å². The minimum atomic E-state index is -3.74. The number of amides is 1. The molecule has 0 unspecified atom stereocenters. The van der Waals surface area contributed by atoms with E-state index in [2.05, 4.69) is 39.2 Å². The van der Waals surface area contributed by atoms with Crippen LogP contribution >= 0.6 is 0 Å². The maximum atomic E-state index is 12.8. The summed E-state index contributed by atoms with van der Waals surface area (Å²) in [5.74, 6) is -0.247. The number of nitrogens with one attached hydrogen (secondary N) is 2. The lowest BCUT2D eigenvalue weighted by molar-refractivity contribution is 0.102. The first-order valence-electron chi connectivity index (χ1n) is 12.3. The molecule has 4 aromatic carbocycles. The van der Waals surface area contributed by atoms with Crippen molar-refractivity contribution in [3.8, 4) is 0 Å². The van der Waals surface area contributed by atoms with E-state index in [1.807, 2.05) is 43.3 Å². The van der Waals surface area contributed by atoms with Gasteiger partial charge in [-0.05, 0) is 85.0 Å². The summed E-state index contributed by atoms with van der Waals surface area (Å²) in [4.78, 5) is 15.3. The number of hydrogen-bond acceptors (Lipinski definition) is 4. The van der Waals surface area contributed by atoms with E-state index in [0.717, 1.165) is 37.1 Å². The van der Waals surface area contributed by atoms with Crippen LogP contribution in [-0.4, -0.2) is 20.9 Å². The summed E-state index contributed by atoms with van der Waals surface area (Å²) in [6, 6.07) is 29.5. The molecule has 0 saturated carbocycles. The number of carbonyl (C=O) groups is 1. The second-order valence-electron chi connectivity index (χ2n) is 9.25. The summed E-state index contributed by atoms with van der Waals surface area (Å²) < 4.78 is 28.1. The number of carbonyl (C=O) groups excluding carboxylic acids is 1. The summed E-state index contributed by atoms with van der Waals surface area (Å²) in [5, 5.41) is 2.84. The number of nitrogens with zero attached hydrogens (tertiary/aromatic N) is 1. The Morgan fingerprint density at radius 3 is 2.32 bits per heavy atom. The summed E-state index contributed by atoms with van der Waals surface area (Å²) in [6.45, 7) is 3.66. The largest absolute Gasteiger partial charge is 0.367 e. The zero-order chi connectivity index (χ0) is 25.8. The predicted octanol–water partition coefficient (Wildman–Crippen LogP) is 6.00. The maximum Gasteiger partial charge on any atom is 0.261 e. The van der Waals surface area contributed by atoms with Crippen molar-refractivity contribution in [2.75, 3.05) is 21.5 Å². The highest BCUT2D eigenvalue weighted by molar-refractivity contribution is 7.92. The smallest absolute Gasteiger partial charge is 0.261 e. The van der Waals surface area contributed by atoms with Gasteiger partial charge >= 0.3 is 0 Å². The van der Waals surface area contributed by atoms with Gasteiger partial charge in [0.05, 0.1) is 10.6 Å². The molecule has 1 aliphatic rings. The molecule has 6 nitrogen and oxygen atoms in total. The van der Waals surface area contributed by atoms with Gasteiger partial charge in [0.1, 0.15) is 0 Å². The molecule has 0 spiro atoms. The SMILES string of the molecule is Cc1ccccc1NS(=O)(=O)c1ccc(NC(=O)c2ccc(CN3CCCc4ccccc43)cc2)cc1. The molecule has 1 aliphatic heterocycles. The van der Waals surface area contributed by atoms with E-state index in [4.69, 9.17) is 0 Å². The first-order valence-corrected chi connectivity index (χ1v) is 13.8. The second-order valence-corrected chi connectivity index (χ2v) is 10.9. The second kappa shape index (κ2) is 10.5. The number of para-hydroxylation sites is 2. The van der Waals surface area contributed by atoms with E-state index in [9.17, 15) is 13.2 Å². The zero-order valence-electron chi connectivity index (χ0n) is 20.6. The molecule has 7 heteroatoms. The van der Waals surface area contributed by atoms with Crippen LogP contribution in [0.5, 0.6) is 0 Å². The Kier molecular flexibility index (Phi) is 6.97. The lowest BCUT2D eigenvalue weighted by Crippen LogP contribution is -2.28. The van der Waals surface area contributed by atoms with Gasteiger partial charge in [0.2, 0.25) is 0 Å². The first kappa shape index (κ1) is 24.6. The van der Waals surface area contributed by atoms with Crippen LogP contribution in [0.15, 0.2) is 102 Å². The van der Waals surface area contributed by atoms with Crippen LogP contribution in [0.3, 0.4) is 0 Å². The monoisotopic (exact) mass is 511 g/mol. The van der Waals surface area contributed by atoms with Crippen LogP contribution < -0.4 is 14.9 Å². The fourth-order valence-corrected chi connectivity index (χ4v) is 5.70. The van der Waals surface area contributed by atoms with Gasteiger partial charge < -0.3 is 10.2 Å². The van der Waals surface area contributed by atoms with Crippen molar-refractivity contribution in [1.82, 2.24) is 0 Å². The molecular formula is C30H29N3O3S. The average Bonchev–Trinajstić information content (AvgIpc) is 2.91. The van der Waals surface area contributed by atoms with Gasteiger partial charge in [-0.15, -0.1) is 0 Å². The molecular weight excluding hydrogens is 482 g/mol. The van der Waals surface area contributed by atoms with Crippen LogP contribution in [0.1, 0.15) is 33.5 Å². The zero-order valence-corrected chi connectivity index (χ0v) is 21.5. The lowest BCUT2D eigenvalue weighted by atomic mass is 10.0. The Morgan fingerprint density at radius 2 is 1.57 bits per heavy atom. The molecule has 0 atom stereocenters. The summed E-state index contributed by atoms with van der Waals surface area (Å²) in [5.41, 5.74) is 6.25. The fourth-order valence-electron chi connectivity index (χ4n) is 4.57. The van der Waals surface area contributed by atoms with Crippen molar-refractivity contribution < 1.29 is 13.2 Å². The number of anilines is 3. The Morgan fingerprint density at radius 1 is 0.865 bits per heavy atom. The molecule has 4 aromatic rings. The van der Waals surface area contributed by atoms with Crippen molar-refractivity contribution in [2.24, 2.45) is 0 Å². The number of rotatable bonds is 7. The quantitative estimate of drug-likeness (QED) is 0.319. The minimum Gasteiger partial charge on any atom is -0.367 e. The van der Waals surface area contributed by atoms with Crippen LogP contribution in [-0.2, 0) is 23.0 Å². The van der Waals surface area contributed by atoms with Crippen LogP contribution in [0.2, 0.25) is 0 Å².